The number of fused-ring (bicyclic) bond motifs is 8. The predicted octanol–water partition coefficient (Wildman–Crippen LogP) is 9.86. The Hall–Kier alpha value is -1.46. The lowest BCUT2D eigenvalue weighted by Gasteiger charge is -2.64. The number of nitrogens with zero attached hydrogens (tertiary/aromatic N) is 2. The molecule has 0 bridgehead atoms. The first-order chi connectivity index (χ1) is 51.3. The monoisotopic (exact) mass is 1670 g/mol. The van der Waals surface area contributed by atoms with E-state index < -0.39 is 99.9 Å². The standard InChI is InChI=1S/C38H61F3N2O8S.C37H62N2O6.C2F6O5S2/c1-21-16-23(30(33(4,5)45)42-52(46,47)38(39,40)41)50-29-28(21)34(6)12-13-37-20-36(37)11-10-26(51-27-17-43(14-15-49-27)22-18-48-19-22)32(2,3)24(36)8-9-25(37)35(34,7)31(29)44;1-21-16-23(30(38)33(4,5)41)44-29-28(21)34(6)12-13-37-20-36(37)11-10-26(45-27-17-39(14-15-43-27)22-18-42-19-22)32(2,3)24(36)8-9-25(37)35(34,7)31(29)40;3-1(4,5)14(9,10)13-15(11,12)2(6,7)8/h21-31,42,44-45H,8-20H2,1-7H3;21-31,40-41H,8-20,38H2,1-7H3;/t2*21-,23-,24+,25+,26?,27+,28+,29+,30+,31+,34-,35-,36?,37+;/m11./s1. The summed E-state index contributed by atoms with van der Waals surface area (Å²) in [5.74, 6) is 2.45. The molecular formula is C77H123F9N4O19S3. The number of sulfonamides is 1. The fourth-order valence-corrected chi connectivity index (χ4v) is 30.9. The van der Waals surface area contributed by atoms with Crippen molar-refractivity contribution in [1.82, 2.24) is 14.5 Å². The third-order valence-electron chi connectivity index (χ3n) is 34.3. The van der Waals surface area contributed by atoms with Crippen LogP contribution in [-0.4, -0.2) is 235 Å². The van der Waals surface area contributed by atoms with Gasteiger partial charge in [0, 0.05) is 23.9 Å². The molecule has 16 aliphatic rings. The molecule has 28 atom stereocenters. The summed E-state index contributed by atoms with van der Waals surface area (Å²) in [6.07, 6.45) is 13.2. The third kappa shape index (κ3) is 13.2. The molecule has 7 N–H and O–H groups in total. The summed E-state index contributed by atoms with van der Waals surface area (Å²) in [5.41, 5.74) is -14.3. The van der Waals surface area contributed by atoms with E-state index in [1.807, 2.05) is 3.63 Å². The highest BCUT2D eigenvalue weighted by Gasteiger charge is 2.87. The minimum absolute atomic E-state index is 0.0261. The van der Waals surface area contributed by atoms with E-state index >= 15 is 0 Å². The molecule has 6 saturated heterocycles. The molecule has 16 fully saturated rings. The first kappa shape index (κ1) is 86.9. The van der Waals surface area contributed by atoms with Gasteiger partial charge in [-0.1, -0.05) is 69.2 Å². The summed E-state index contributed by atoms with van der Waals surface area (Å²) in [4.78, 5) is 4.95. The van der Waals surface area contributed by atoms with Gasteiger partial charge >= 0.3 is 46.8 Å². The zero-order chi connectivity index (χ0) is 82.3. The van der Waals surface area contributed by atoms with Crippen LogP contribution in [0.1, 0.15) is 200 Å². The van der Waals surface area contributed by atoms with Crippen molar-refractivity contribution >= 4 is 30.3 Å². The maximum absolute atomic E-state index is 13.5. The van der Waals surface area contributed by atoms with Gasteiger partial charge in [0.25, 0.3) is 0 Å². The van der Waals surface area contributed by atoms with E-state index in [4.69, 9.17) is 43.6 Å². The number of aliphatic hydroxyl groups excluding tert-OH is 2. The average molecular weight is 1680 g/mol. The van der Waals surface area contributed by atoms with E-state index in [9.17, 15) is 85.2 Å². The van der Waals surface area contributed by atoms with E-state index in [1.165, 1.54) is 52.4 Å². The Morgan fingerprint density at radius 2 is 0.875 bits per heavy atom. The summed E-state index contributed by atoms with van der Waals surface area (Å²) < 4.78 is 227. The molecule has 35 heteroatoms. The van der Waals surface area contributed by atoms with E-state index in [2.05, 4.69) is 79.0 Å². The second-order valence-corrected chi connectivity index (χ2v) is 45.6. The summed E-state index contributed by atoms with van der Waals surface area (Å²) >= 11 is 0. The molecule has 10 aliphatic carbocycles. The van der Waals surface area contributed by atoms with Gasteiger partial charge in [0.05, 0.1) is 137 Å². The van der Waals surface area contributed by atoms with Crippen LogP contribution < -0.4 is 10.5 Å². The lowest BCUT2D eigenvalue weighted by molar-refractivity contribution is -0.256. The molecular weight excluding hydrogens is 1550 g/mol. The Balaban J connectivity index is 0.000000159. The smallest absolute Gasteiger partial charge is 0.390 e. The molecule has 16 rings (SSSR count). The number of halogens is 9. The Kier molecular flexibility index (Phi) is 21.8. The highest BCUT2D eigenvalue weighted by Crippen LogP contribution is 2.91. The van der Waals surface area contributed by atoms with E-state index in [-0.39, 0.29) is 99.1 Å². The first-order valence-electron chi connectivity index (χ1n) is 40.8. The number of hydrogen-bond acceptors (Lipinski definition) is 22. The van der Waals surface area contributed by atoms with Crippen LogP contribution >= 0.6 is 0 Å². The predicted molar refractivity (Wildman–Crippen MR) is 387 cm³/mol. The first-order valence-corrected chi connectivity index (χ1v) is 45.1. The van der Waals surface area contributed by atoms with Gasteiger partial charge in [0.1, 0.15) is 0 Å². The van der Waals surface area contributed by atoms with Gasteiger partial charge in [-0.2, -0.15) is 61.1 Å². The number of nitrogens with two attached hydrogens (primary N) is 1. The highest BCUT2D eigenvalue weighted by molar-refractivity contribution is 8.00. The number of hydrogen-bond donors (Lipinski definition) is 6. The van der Waals surface area contributed by atoms with Crippen molar-refractivity contribution in [1.29, 1.82) is 0 Å². The molecule has 0 radical (unpaired) electrons. The van der Waals surface area contributed by atoms with Crippen molar-refractivity contribution in [3.63, 3.8) is 0 Å². The molecule has 0 aromatic carbocycles. The number of alkyl halides is 9. The zero-order valence-electron chi connectivity index (χ0n) is 67.1. The number of morpholine rings is 2. The Morgan fingerprint density at radius 1 is 0.509 bits per heavy atom. The van der Waals surface area contributed by atoms with Crippen molar-refractivity contribution in [3.8, 4) is 0 Å². The van der Waals surface area contributed by atoms with Gasteiger partial charge in [0.15, 0.2) is 12.6 Å². The minimum atomic E-state index is -6.85. The topological polar surface area (TPSA) is 311 Å². The molecule has 0 aromatic heterocycles. The van der Waals surface area contributed by atoms with Gasteiger partial charge in [-0.05, 0) is 221 Å². The number of nitrogens with one attached hydrogen (secondary N) is 1. The quantitative estimate of drug-likeness (QED) is 0.0696. The van der Waals surface area contributed by atoms with Crippen molar-refractivity contribution in [2.24, 2.45) is 107 Å². The maximum Gasteiger partial charge on any atom is 0.524 e. The lowest BCUT2D eigenvalue weighted by Crippen LogP contribution is -2.61. The number of aliphatic hydroxyl groups is 4. The van der Waals surface area contributed by atoms with Crippen molar-refractivity contribution in [2.45, 2.75) is 313 Å². The van der Waals surface area contributed by atoms with Crippen molar-refractivity contribution in [2.75, 3.05) is 65.8 Å². The summed E-state index contributed by atoms with van der Waals surface area (Å²) in [6, 6.07) is -1.05. The summed E-state index contributed by atoms with van der Waals surface area (Å²) in [5, 5.41) is 46.8. The lowest BCUT2D eigenvalue weighted by atomic mass is 9.41. The SMILES string of the molecule is C[C@@H]1C[C@H]([C@H](N)C(C)(C)O)O[C@H]2[C@H]1[C@@]1(C)CC[C@@]34CC35CCC(O[C@H]3CN(C6COC6)CCO3)C(C)(C)[C@@H]5CC[C@H]4[C@]1(C)[C@H]2O.C[C@@H]1C[C@H]([C@H](NS(=O)(=O)C(F)(F)F)C(C)(C)O)O[C@H]2[C@H]1[C@@]1(C)CC[C@@]34CC35CCC(O[C@H]3CN(C6COC6)CCO3)C(C)(C)[C@@H]5CC[C@H]4[C@]1(C)[C@H]2O.O=S(=O)(OS(=O)(=O)C(F)(F)F)C(F)(F)F. The molecule has 4 unspecified atom stereocenters. The fourth-order valence-electron chi connectivity index (χ4n) is 28.5. The normalized spacial score (nSPS) is 47.2. The van der Waals surface area contributed by atoms with E-state index in [0.29, 0.717) is 59.1 Å². The average Bonchev–Trinajstić information content (AvgIpc) is 1.46. The molecule has 0 aromatic rings. The Bertz CT molecular complexity index is 3830. The van der Waals surface area contributed by atoms with Crippen molar-refractivity contribution in [3.05, 3.63) is 0 Å². The second kappa shape index (κ2) is 28.0. The van der Waals surface area contributed by atoms with Crippen LogP contribution in [-0.2, 0) is 71.8 Å². The van der Waals surface area contributed by atoms with Gasteiger partial charge in [0.2, 0.25) is 0 Å². The van der Waals surface area contributed by atoms with Crippen LogP contribution in [0.25, 0.3) is 0 Å². The van der Waals surface area contributed by atoms with Crippen LogP contribution in [0.4, 0.5) is 39.5 Å². The molecule has 112 heavy (non-hydrogen) atoms. The van der Waals surface area contributed by atoms with Crippen LogP contribution in [0, 0.1) is 101 Å². The Morgan fingerprint density at radius 3 is 1.22 bits per heavy atom. The van der Waals surface area contributed by atoms with Gasteiger partial charge in [-0.15, -0.1) is 3.63 Å². The Labute approximate surface area is 654 Å². The van der Waals surface area contributed by atoms with Crippen molar-refractivity contribution < 1.29 is 127 Å². The third-order valence-corrected chi connectivity index (χ3v) is 38.0. The fraction of sp³-hybridized carbons (Fsp3) is 1.00. The molecule has 6 heterocycles. The zero-order valence-corrected chi connectivity index (χ0v) is 69.5. The van der Waals surface area contributed by atoms with Gasteiger partial charge in [-0.3, -0.25) is 9.80 Å². The molecule has 23 nitrogen and oxygen atoms in total. The minimum Gasteiger partial charge on any atom is -0.390 e. The second-order valence-electron chi connectivity index (χ2n) is 40.6. The largest absolute Gasteiger partial charge is 0.524 e. The van der Waals surface area contributed by atoms with Gasteiger partial charge < -0.3 is 64.1 Å². The molecule has 4 spiro atoms. The molecule has 646 valence electrons. The van der Waals surface area contributed by atoms with Gasteiger partial charge in [-0.25, -0.2) is 8.42 Å². The molecule has 10 saturated carbocycles. The van der Waals surface area contributed by atoms with E-state index in [0.717, 1.165) is 117 Å². The van der Waals surface area contributed by atoms with Crippen LogP contribution in [0.3, 0.4) is 0 Å². The molecule has 0 amide bonds. The summed E-state index contributed by atoms with van der Waals surface area (Å²) in [7, 11) is -19.5. The maximum atomic E-state index is 13.5. The van der Waals surface area contributed by atoms with Crippen LogP contribution in [0.15, 0.2) is 0 Å². The van der Waals surface area contributed by atoms with Crippen LogP contribution in [0.2, 0.25) is 0 Å². The molecule has 6 aliphatic heterocycles. The number of rotatable bonds is 14. The number of ether oxygens (including phenoxy) is 8. The van der Waals surface area contributed by atoms with E-state index in [1.54, 1.807) is 18.6 Å². The summed E-state index contributed by atoms with van der Waals surface area (Å²) in [6.45, 7) is 38.0. The highest BCUT2D eigenvalue weighted by atomic mass is 32.3. The van der Waals surface area contributed by atoms with Crippen LogP contribution in [0.5, 0.6) is 0 Å².